The number of hydrogen-bond donors (Lipinski definition) is 1. The molecule has 1 unspecified atom stereocenters. The van der Waals surface area contributed by atoms with Gasteiger partial charge in [-0.1, -0.05) is 27.7 Å². The van der Waals surface area contributed by atoms with E-state index in [1.807, 2.05) is 0 Å². The van der Waals surface area contributed by atoms with Gasteiger partial charge in [0, 0.05) is 18.6 Å². The van der Waals surface area contributed by atoms with Gasteiger partial charge in [-0.2, -0.15) is 0 Å². The molecule has 0 rings (SSSR count). The first-order valence-electron chi connectivity index (χ1n) is 6.45. The molecule has 0 amide bonds. The van der Waals surface area contributed by atoms with E-state index in [0.29, 0.717) is 6.04 Å². The average molecular weight is 214 g/mol. The van der Waals surface area contributed by atoms with Gasteiger partial charge >= 0.3 is 0 Å². The molecule has 0 bridgehead atoms. The lowest BCUT2D eigenvalue weighted by Crippen LogP contribution is -2.44. The van der Waals surface area contributed by atoms with E-state index < -0.39 is 0 Å². The lowest BCUT2D eigenvalue weighted by atomic mass is 10.1. The van der Waals surface area contributed by atoms with Crippen LogP contribution in [0.2, 0.25) is 0 Å². The van der Waals surface area contributed by atoms with Gasteiger partial charge in [-0.15, -0.1) is 0 Å². The summed E-state index contributed by atoms with van der Waals surface area (Å²) in [6.07, 6.45) is 2.50. The fourth-order valence-electron chi connectivity index (χ4n) is 1.95. The summed E-state index contributed by atoms with van der Waals surface area (Å²) in [6.45, 7) is 13.6. The summed E-state index contributed by atoms with van der Waals surface area (Å²) < 4.78 is 0. The Morgan fingerprint density at radius 3 is 1.93 bits per heavy atom. The molecule has 92 valence electrons. The lowest BCUT2D eigenvalue weighted by molar-refractivity contribution is 0.170. The van der Waals surface area contributed by atoms with Crippen molar-refractivity contribution < 1.29 is 0 Å². The van der Waals surface area contributed by atoms with Crippen LogP contribution in [-0.2, 0) is 0 Å². The number of nitrogens with zero attached hydrogens (tertiary/aromatic N) is 1. The van der Waals surface area contributed by atoms with Crippen LogP contribution in [0.15, 0.2) is 0 Å². The summed E-state index contributed by atoms with van der Waals surface area (Å²) >= 11 is 0. The molecule has 2 heteroatoms. The minimum atomic E-state index is 0.633. The summed E-state index contributed by atoms with van der Waals surface area (Å²) in [5.74, 6) is 0.746. The van der Waals surface area contributed by atoms with E-state index in [9.17, 15) is 0 Å². The van der Waals surface area contributed by atoms with Gasteiger partial charge in [0.15, 0.2) is 0 Å². The first-order valence-corrected chi connectivity index (χ1v) is 6.45. The highest BCUT2D eigenvalue weighted by atomic mass is 15.2. The number of nitrogens with one attached hydrogen (secondary N) is 1. The van der Waals surface area contributed by atoms with E-state index in [2.05, 4.69) is 51.9 Å². The third kappa shape index (κ3) is 6.16. The van der Waals surface area contributed by atoms with Gasteiger partial charge in [-0.25, -0.2) is 0 Å². The molecule has 0 aromatic rings. The highest BCUT2D eigenvalue weighted by Gasteiger charge is 2.15. The smallest absolute Gasteiger partial charge is 0.0192 e. The summed E-state index contributed by atoms with van der Waals surface area (Å²) in [5, 5.41) is 3.53. The summed E-state index contributed by atoms with van der Waals surface area (Å²) in [7, 11) is 2.25. The molecule has 0 aliphatic heterocycles. The molecular weight excluding hydrogens is 184 g/mol. The maximum Gasteiger partial charge on any atom is 0.0192 e. The lowest BCUT2D eigenvalue weighted by Gasteiger charge is -2.32. The molecule has 0 aliphatic carbocycles. The summed E-state index contributed by atoms with van der Waals surface area (Å²) in [5.41, 5.74) is 0. The van der Waals surface area contributed by atoms with E-state index in [1.54, 1.807) is 0 Å². The molecule has 0 spiro atoms. The highest BCUT2D eigenvalue weighted by molar-refractivity contribution is 4.73. The van der Waals surface area contributed by atoms with Gasteiger partial charge in [-0.05, 0) is 39.3 Å². The van der Waals surface area contributed by atoms with Crippen LogP contribution in [0.5, 0.6) is 0 Å². The molecule has 0 aromatic heterocycles. The second kappa shape index (κ2) is 8.12. The van der Waals surface area contributed by atoms with Crippen molar-refractivity contribution in [3.63, 3.8) is 0 Å². The van der Waals surface area contributed by atoms with Crippen molar-refractivity contribution in [2.24, 2.45) is 5.92 Å². The monoisotopic (exact) mass is 214 g/mol. The molecular formula is C13H30N2. The van der Waals surface area contributed by atoms with Crippen molar-refractivity contribution in [1.29, 1.82) is 0 Å². The Balaban J connectivity index is 3.81. The Morgan fingerprint density at radius 1 is 1.00 bits per heavy atom. The van der Waals surface area contributed by atoms with Gasteiger partial charge in [0.25, 0.3) is 0 Å². The van der Waals surface area contributed by atoms with Crippen molar-refractivity contribution in [2.75, 3.05) is 20.1 Å². The zero-order valence-corrected chi connectivity index (χ0v) is 11.5. The minimum absolute atomic E-state index is 0.633. The van der Waals surface area contributed by atoms with Crippen LogP contribution in [0.3, 0.4) is 0 Å². The molecule has 0 radical (unpaired) electrons. The Morgan fingerprint density at radius 2 is 1.53 bits per heavy atom. The topological polar surface area (TPSA) is 15.3 Å². The maximum atomic E-state index is 3.53. The second-order valence-electron chi connectivity index (χ2n) is 5.04. The van der Waals surface area contributed by atoms with Crippen molar-refractivity contribution >= 4 is 0 Å². The fraction of sp³-hybridized carbons (Fsp3) is 1.00. The largest absolute Gasteiger partial charge is 0.315 e. The van der Waals surface area contributed by atoms with Crippen LogP contribution >= 0.6 is 0 Å². The fourth-order valence-corrected chi connectivity index (χ4v) is 1.95. The first kappa shape index (κ1) is 14.9. The van der Waals surface area contributed by atoms with Crippen LogP contribution in [0.25, 0.3) is 0 Å². The molecule has 0 fully saturated rings. The molecule has 0 saturated carbocycles. The van der Waals surface area contributed by atoms with E-state index in [-0.39, 0.29) is 0 Å². The third-order valence-electron chi connectivity index (χ3n) is 3.21. The van der Waals surface area contributed by atoms with Crippen LogP contribution in [0.4, 0.5) is 0 Å². The highest BCUT2D eigenvalue weighted by Crippen LogP contribution is 2.09. The Kier molecular flexibility index (Phi) is 8.07. The van der Waals surface area contributed by atoms with E-state index in [1.165, 1.54) is 12.8 Å². The van der Waals surface area contributed by atoms with Crippen molar-refractivity contribution in [2.45, 2.75) is 59.5 Å². The molecule has 15 heavy (non-hydrogen) atoms. The Bertz CT molecular complexity index is 141. The molecule has 0 heterocycles. The van der Waals surface area contributed by atoms with Crippen molar-refractivity contribution in [3.8, 4) is 0 Å². The number of rotatable bonds is 8. The van der Waals surface area contributed by atoms with Gasteiger partial charge in [-0.3, -0.25) is 4.90 Å². The van der Waals surface area contributed by atoms with Gasteiger partial charge in [0.1, 0.15) is 0 Å². The minimum Gasteiger partial charge on any atom is -0.315 e. The molecule has 2 nitrogen and oxygen atoms in total. The first-order chi connectivity index (χ1) is 7.02. The van der Waals surface area contributed by atoms with Crippen LogP contribution < -0.4 is 5.32 Å². The quantitative estimate of drug-likeness (QED) is 0.668. The normalized spacial score (nSPS) is 14.2. The van der Waals surface area contributed by atoms with E-state index >= 15 is 0 Å². The van der Waals surface area contributed by atoms with Crippen molar-refractivity contribution in [3.05, 3.63) is 0 Å². The summed E-state index contributed by atoms with van der Waals surface area (Å²) in [6, 6.07) is 1.37. The standard InChI is InChI=1S/C13H30N2/c1-7-13(8-2)15(6)12(5)10-14-9-11(3)4/h11-14H,7-10H2,1-6H3. The zero-order valence-electron chi connectivity index (χ0n) is 11.5. The van der Waals surface area contributed by atoms with Gasteiger partial charge in [0.05, 0.1) is 0 Å². The Hall–Kier alpha value is -0.0800. The number of likely N-dealkylation sites (N-methyl/N-ethyl adjacent to an activating group) is 1. The predicted octanol–water partition coefficient (Wildman–Crippen LogP) is 2.74. The van der Waals surface area contributed by atoms with E-state index in [0.717, 1.165) is 25.0 Å². The maximum absolute atomic E-state index is 3.53. The number of hydrogen-bond acceptors (Lipinski definition) is 2. The van der Waals surface area contributed by atoms with Crippen molar-refractivity contribution in [1.82, 2.24) is 10.2 Å². The van der Waals surface area contributed by atoms with Gasteiger partial charge in [0.2, 0.25) is 0 Å². The summed E-state index contributed by atoms with van der Waals surface area (Å²) in [4.78, 5) is 2.51. The molecule has 1 N–H and O–H groups in total. The van der Waals surface area contributed by atoms with Gasteiger partial charge < -0.3 is 5.32 Å². The van der Waals surface area contributed by atoms with Crippen LogP contribution in [0, 0.1) is 5.92 Å². The molecule has 0 aliphatic rings. The second-order valence-corrected chi connectivity index (χ2v) is 5.04. The van der Waals surface area contributed by atoms with Crippen LogP contribution in [-0.4, -0.2) is 37.1 Å². The Labute approximate surface area is 96.4 Å². The molecule has 0 aromatic carbocycles. The van der Waals surface area contributed by atoms with E-state index in [4.69, 9.17) is 0 Å². The SMILES string of the molecule is CCC(CC)N(C)C(C)CNCC(C)C. The average Bonchev–Trinajstić information content (AvgIpc) is 2.18. The van der Waals surface area contributed by atoms with Crippen LogP contribution in [0.1, 0.15) is 47.5 Å². The molecule has 1 atom stereocenters. The zero-order chi connectivity index (χ0) is 11.8. The predicted molar refractivity (Wildman–Crippen MR) is 69.3 cm³/mol. The molecule has 0 saturated heterocycles. The third-order valence-corrected chi connectivity index (χ3v) is 3.21.